The van der Waals surface area contributed by atoms with Gasteiger partial charge >= 0.3 is 0 Å². The molecule has 1 N–H and O–H groups in total. The number of likely N-dealkylation sites (N-methyl/N-ethyl adjacent to an activating group) is 2. The number of nitrogens with one attached hydrogen (secondary N) is 1. The van der Waals surface area contributed by atoms with Crippen LogP contribution in [0.25, 0.3) is 0 Å². The molecule has 0 saturated carbocycles. The van der Waals surface area contributed by atoms with Crippen LogP contribution in [0, 0.1) is 0 Å². The minimum atomic E-state index is 0.0529. The zero-order valence-electron chi connectivity index (χ0n) is 13.2. The normalized spacial score (nSPS) is 14.8. The van der Waals surface area contributed by atoms with E-state index >= 15 is 0 Å². The van der Waals surface area contributed by atoms with E-state index in [1.54, 1.807) is 6.20 Å². The molecule has 5 nitrogen and oxygen atoms in total. The van der Waals surface area contributed by atoms with Crippen LogP contribution in [-0.2, 0) is 11.3 Å². The lowest BCUT2D eigenvalue weighted by Crippen LogP contribution is -2.34. The molecule has 20 heavy (non-hydrogen) atoms. The lowest BCUT2D eigenvalue weighted by Gasteiger charge is -2.27. The van der Waals surface area contributed by atoms with Gasteiger partial charge in [0.15, 0.2) is 0 Å². The van der Waals surface area contributed by atoms with Gasteiger partial charge in [0.25, 0.3) is 0 Å². The number of rotatable bonds is 9. The van der Waals surface area contributed by atoms with Gasteiger partial charge in [0, 0.05) is 13.2 Å². The van der Waals surface area contributed by atoms with Crippen LogP contribution >= 0.6 is 11.6 Å². The highest BCUT2D eigenvalue weighted by Gasteiger charge is 2.26. The van der Waals surface area contributed by atoms with Crippen LogP contribution in [0.1, 0.15) is 32.0 Å². The largest absolute Gasteiger partial charge is 0.376 e. The SMILES string of the molecule is CCOC(CC)C(NC)c1c(Cl)cnn1CCN(C)C. The van der Waals surface area contributed by atoms with E-state index in [4.69, 9.17) is 16.3 Å². The van der Waals surface area contributed by atoms with E-state index < -0.39 is 0 Å². The molecule has 2 atom stereocenters. The van der Waals surface area contributed by atoms with E-state index in [0.717, 1.165) is 25.2 Å². The number of hydrogen-bond acceptors (Lipinski definition) is 4. The molecule has 0 aliphatic carbocycles. The van der Waals surface area contributed by atoms with Gasteiger partial charge < -0.3 is 15.0 Å². The number of hydrogen-bond donors (Lipinski definition) is 1. The topological polar surface area (TPSA) is 42.3 Å². The number of ether oxygens (including phenoxy) is 1. The van der Waals surface area contributed by atoms with Crippen LogP contribution in [0.3, 0.4) is 0 Å². The number of halogens is 1. The molecule has 1 aromatic heterocycles. The zero-order chi connectivity index (χ0) is 15.1. The summed E-state index contributed by atoms with van der Waals surface area (Å²) in [5.74, 6) is 0. The van der Waals surface area contributed by atoms with Crippen molar-refractivity contribution >= 4 is 11.6 Å². The van der Waals surface area contributed by atoms with Crippen LogP contribution in [0.4, 0.5) is 0 Å². The van der Waals surface area contributed by atoms with E-state index in [-0.39, 0.29) is 12.1 Å². The maximum atomic E-state index is 6.34. The molecule has 0 aromatic carbocycles. The van der Waals surface area contributed by atoms with Gasteiger partial charge in [-0.15, -0.1) is 0 Å². The maximum absolute atomic E-state index is 6.34. The Balaban J connectivity index is 2.98. The van der Waals surface area contributed by atoms with Crippen LogP contribution in [-0.4, -0.2) is 55.1 Å². The third-order valence-corrected chi connectivity index (χ3v) is 3.64. The second kappa shape index (κ2) is 8.62. The lowest BCUT2D eigenvalue weighted by atomic mass is 10.0. The predicted molar refractivity (Wildman–Crippen MR) is 83.3 cm³/mol. The molecule has 0 bridgehead atoms. The second-order valence-corrected chi connectivity index (χ2v) is 5.48. The molecule has 0 aliphatic rings. The van der Waals surface area contributed by atoms with Crippen molar-refractivity contribution in [2.75, 3.05) is 34.3 Å². The van der Waals surface area contributed by atoms with Gasteiger partial charge in [0.1, 0.15) is 0 Å². The van der Waals surface area contributed by atoms with Crippen molar-refractivity contribution in [3.05, 3.63) is 16.9 Å². The summed E-state index contributed by atoms with van der Waals surface area (Å²) >= 11 is 6.34. The van der Waals surface area contributed by atoms with Crippen LogP contribution in [0.2, 0.25) is 5.02 Å². The third-order valence-electron chi connectivity index (χ3n) is 3.35. The lowest BCUT2D eigenvalue weighted by molar-refractivity contribution is 0.0311. The fraction of sp³-hybridized carbons (Fsp3) is 0.786. The zero-order valence-corrected chi connectivity index (χ0v) is 13.9. The van der Waals surface area contributed by atoms with Crippen molar-refractivity contribution in [3.63, 3.8) is 0 Å². The highest BCUT2D eigenvalue weighted by molar-refractivity contribution is 6.31. The molecular weight excluding hydrogens is 276 g/mol. The highest BCUT2D eigenvalue weighted by Crippen LogP contribution is 2.27. The van der Waals surface area contributed by atoms with E-state index in [2.05, 4.69) is 36.3 Å². The van der Waals surface area contributed by atoms with Crippen molar-refractivity contribution in [3.8, 4) is 0 Å². The average Bonchev–Trinajstić information content (AvgIpc) is 2.78. The predicted octanol–water partition coefficient (Wildman–Crippen LogP) is 2.17. The standard InChI is InChI=1S/C14H27ClN4O/c1-6-12(20-7-2)13(16-3)14-11(15)10-17-19(14)9-8-18(4)5/h10,12-13,16H,6-9H2,1-5H3. The monoisotopic (exact) mass is 302 g/mol. The first-order chi connectivity index (χ1) is 9.54. The Bertz CT molecular complexity index is 395. The summed E-state index contributed by atoms with van der Waals surface area (Å²) in [5, 5.41) is 8.42. The molecule has 0 aliphatic heterocycles. The highest BCUT2D eigenvalue weighted by atomic mass is 35.5. The van der Waals surface area contributed by atoms with Crippen molar-refractivity contribution in [1.29, 1.82) is 0 Å². The van der Waals surface area contributed by atoms with Gasteiger partial charge in [0.2, 0.25) is 0 Å². The van der Waals surface area contributed by atoms with Gasteiger partial charge in [-0.2, -0.15) is 5.10 Å². The fourth-order valence-electron chi connectivity index (χ4n) is 2.32. The first-order valence-corrected chi connectivity index (χ1v) is 7.57. The maximum Gasteiger partial charge on any atom is 0.0835 e. The van der Waals surface area contributed by atoms with E-state index in [0.29, 0.717) is 11.6 Å². The Morgan fingerprint density at radius 3 is 2.65 bits per heavy atom. The van der Waals surface area contributed by atoms with Gasteiger partial charge in [0.05, 0.1) is 35.6 Å². The molecule has 0 saturated heterocycles. The average molecular weight is 303 g/mol. The van der Waals surface area contributed by atoms with Gasteiger partial charge in [-0.25, -0.2) is 0 Å². The summed E-state index contributed by atoms with van der Waals surface area (Å²) in [6.45, 7) is 6.57. The first-order valence-electron chi connectivity index (χ1n) is 7.19. The van der Waals surface area contributed by atoms with Crippen LogP contribution in [0.15, 0.2) is 6.20 Å². The summed E-state index contributed by atoms with van der Waals surface area (Å²) in [6, 6.07) is 0.0529. The van der Waals surface area contributed by atoms with E-state index in [1.165, 1.54) is 0 Å². The van der Waals surface area contributed by atoms with Gasteiger partial charge in [-0.05, 0) is 34.5 Å². The van der Waals surface area contributed by atoms with Gasteiger partial charge in [-0.3, -0.25) is 4.68 Å². The molecule has 1 heterocycles. The Hall–Kier alpha value is -0.620. The summed E-state index contributed by atoms with van der Waals surface area (Å²) in [6.07, 6.45) is 2.74. The Morgan fingerprint density at radius 1 is 1.45 bits per heavy atom. The Labute approximate surface area is 127 Å². The summed E-state index contributed by atoms with van der Waals surface area (Å²) in [4.78, 5) is 2.13. The van der Waals surface area contributed by atoms with Crippen molar-refractivity contribution in [2.24, 2.45) is 0 Å². The molecule has 0 amide bonds. The number of aromatic nitrogens is 2. The Morgan fingerprint density at radius 2 is 2.15 bits per heavy atom. The fourth-order valence-corrected chi connectivity index (χ4v) is 2.58. The minimum Gasteiger partial charge on any atom is -0.376 e. The molecule has 1 rings (SSSR count). The van der Waals surface area contributed by atoms with Crippen LogP contribution in [0.5, 0.6) is 0 Å². The Kier molecular flexibility index (Phi) is 7.51. The molecule has 116 valence electrons. The molecule has 6 heteroatoms. The summed E-state index contributed by atoms with van der Waals surface area (Å²) in [7, 11) is 6.04. The molecule has 2 unspecified atom stereocenters. The quantitative estimate of drug-likeness (QED) is 0.759. The number of nitrogens with zero attached hydrogens (tertiary/aromatic N) is 3. The van der Waals surface area contributed by atoms with Crippen LogP contribution < -0.4 is 5.32 Å². The third kappa shape index (κ3) is 4.45. The van der Waals surface area contributed by atoms with Gasteiger partial charge in [-0.1, -0.05) is 18.5 Å². The van der Waals surface area contributed by atoms with E-state index in [1.807, 2.05) is 18.7 Å². The van der Waals surface area contributed by atoms with Crippen molar-refractivity contribution < 1.29 is 4.74 Å². The van der Waals surface area contributed by atoms with E-state index in [9.17, 15) is 0 Å². The minimum absolute atomic E-state index is 0.0529. The molecular formula is C14H27ClN4O. The first kappa shape index (κ1) is 17.4. The molecule has 1 aromatic rings. The molecule has 0 radical (unpaired) electrons. The molecule has 0 fully saturated rings. The van der Waals surface area contributed by atoms with Crippen molar-refractivity contribution in [2.45, 2.75) is 39.0 Å². The summed E-state index contributed by atoms with van der Waals surface area (Å²) < 4.78 is 7.81. The second-order valence-electron chi connectivity index (χ2n) is 5.07. The van der Waals surface area contributed by atoms with Crippen molar-refractivity contribution in [1.82, 2.24) is 20.0 Å². The molecule has 0 spiro atoms. The smallest absolute Gasteiger partial charge is 0.0835 e. The summed E-state index contributed by atoms with van der Waals surface area (Å²) in [5.41, 5.74) is 1.01.